The Kier molecular flexibility index (Phi) is 2.66. The van der Waals surface area contributed by atoms with Gasteiger partial charge in [-0.2, -0.15) is 0 Å². The van der Waals surface area contributed by atoms with E-state index < -0.39 is 9.05 Å². The van der Waals surface area contributed by atoms with Crippen molar-refractivity contribution in [3.63, 3.8) is 0 Å². The molecule has 15 heavy (non-hydrogen) atoms. The van der Waals surface area contributed by atoms with Crippen LogP contribution in [0.25, 0.3) is 10.9 Å². The highest BCUT2D eigenvalue weighted by atomic mass is 35.7. The first-order valence-electron chi connectivity index (χ1n) is 4.13. The lowest BCUT2D eigenvalue weighted by Crippen LogP contribution is -1.94. The molecule has 3 nitrogen and oxygen atoms in total. The summed E-state index contributed by atoms with van der Waals surface area (Å²) in [4.78, 5) is 2.94. The van der Waals surface area contributed by atoms with Crippen LogP contribution in [-0.2, 0) is 14.8 Å². The van der Waals surface area contributed by atoms with Crippen molar-refractivity contribution in [2.45, 2.75) is 5.75 Å². The van der Waals surface area contributed by atoms with Gasteiger partial charge < -0.3 is 4.98 Å². The summed E-state index contributed by atoms with van der Waals surface area (Å²) in [7, 11) is 1.65. The molecule has 6 heteroatoms. The van der Waals surface area contributed by atoms with E-state index in [4.69, 9.17) is 22.3 Å². The van der Waals surface area contributed by atoms with Crippen molar-refractivity contribution in [2.75, 3.05) is 0 Å². The van der Waals surface area contributed by atoms with Crippen LogP contribution in [0.2, 0.25) is 5.02 Å². The molecule has 1 heterocycles. The molecule has 0 aliphatic carbocycles. The van der Waals surface area contributed by atoms with E-state index in [0.29, 0.717) is 10.6 Å². The third-order valence-electron chi connectivity index (χ3n) is 2.03. The molecule has 1 aromatic heterocycles. The fraction of sp³-hybridized carbons (Fsp3) is 0.111. The number of nitrogens with one attached hydrogen (secondary N) is 1. The maximum Gasteiger partial charge on any atom is 0.236 e. The molecule has 0 saturated heterocycles. The molecular weight excluding hydrogens is 257 g/mol. The van der Waals surface area contributed by atoms with Crippen LogP contribution in [0.1, 0.15) is 5.56 Å². The van der Waals surface area contributed by atoms with Crippen LogP contribution in [-0.4, -0.2) is 13.4 Å². The highest BCUT2D eigenvalue weighted by Crippen LogP contribution is 2.24. The van der Waals surface area contributed by atoms with Crippen molar-refractivity contribution >= 4 is 42.2 Å². The van der Waals surface area contributed by atoms with Gasteiger partial charge in [0.1, 0.15) is 0 Å². The average Bonchev–Trinajstić information content (AvgIpc) is 2.45. The lowest BCUT2D eigenvalue weighted by Gasteiger charge is -1.98. The molecule has 0 saturated carbocycles. The Morgan fingerprint density at radius 2 is 2.07 bits per heavy atom. The summed E-state index contributed by atoms with van der Waals surface area (Å²) in [5.74, 6) is -0.179. The molecule has 1 N–H and O–H groups in total. The lowest BCUT2D eigenvalue weighted by molar-refractivity contribution is 0.609. The second-order valence-electron chi connectivity index (χ2n) is 3.20. The minimum Gasteiger partial charge on any atom is -0.360 e. The zero-order valence-electron chi connectivity index (χ0n) is 7.50. The molecular formula is C9H7Cl2NO2S. The van der Waals surface area contributed by atoms with Crippen molar-refractivity contribution in [1.29, 1.82) is 0 Å². The smallest absolute Gasteiger partial charge is 0.236 e. The summed E-state index contributed by atoms with van der Waals surface area (Å²) >= 11 is 5.88. The first kappa shape index (κ1) is 10.8. The molecule has 0 radical (unpaired) electrons. The van der Waals surface area contributed by atoms with Crippen LogP contribution < -0.4 is 0 Å². The standard InChI is InChI=1S/C9H7Cl2NO2S/c10-8-4-12-9-3-6(1-2-7(8)9)5-15(11,13)14/h1-4,12H,5H2. The van der Waals surface area contributed by atoms with E-state index in [0.717, 1.165) is 10.9 Å². The Labute approximate surface area is 96.4 Å². The van der Waals surface area contributed by atoms with E-state index >= 15 is 0 Å². The summed E-state index contributed by atoms with van der Waals surface area (Å²) in [5.41, 5.74) is 1.44. The zero-order chi connectivity index (χ0) is 11.1. The van der Waals surface area contributed by atoms with Gasteiger partial charge >= 0.3 is 0 Å². The fourth-order valence-corrected chi connectivity index (χ4v) is 2.60. The Bertz CT molecular complexity index is 604. The number of aromatic amines is 1. The van der Waals surface area contributed by atoms with E-state index in [2.05, 4.69) is 4.98 Å². The highest BCUT2D eigenvalue weighted by Gasteiger charge is 2.08. The SMILES string of the molecule is O=S(=O)(Cl)Cc1ccc2c(Cl)c[nH]c2c1. The third-order valence-corrected chi connectivity index (χ3v) is 3.35. The molecule has 1 aromatic carbocycles. The summed E-state index contributed by atoms with van der Waals surface area (Å²) in [6.45, 7) is 0. The summed E-state index contributed by atoms with van der Waals surface area (Å²) in [6.07, 6.45) is 1.66. The summed E-state index contributed by atoms with van der Waals surface area (Å²) in [6, 6.07) is 5.19. The monoisotopic (exact) mass is 263 g/mol. The number of benzene rings is 1. The second-order valence-corrected chi connectivity index (χ2v) is 6.38. The molecule has 0 unspecified atom stereocenters. The molecule has 0 aliphatic rings. The number of H-pyrrole nitrogens is 1. The minimum absolute atomic E-state index is 0.179. The van der Waals surface area contributed by atoms with Crippen LogP contribution in [0.3, 0.4) is 0 Å². The molecule has 2 rings (SSSR count). The van der Waals surface area contributed by atoms with Crippen LogP contribution in [0, 0.1) is 0 Å². The van der Waals surface area contributed by atoms with E-state index in [1.54, 1.807) is 24.4 Å². The van der Waals surface area contributed by atoms with Crippen LogP contribution in [0.15, 0.2) is 24.4 Å². The fourth-order valence-electron chi connectivity index (χ4n) is 1.43. The van der Waals surface area contributed by atoms with Gasteiger partial charge in [0.05, 0.1) is 10.8 Å². The van der Waals surface area contributed by atoms with Crippen molar-refractivity contribution in [3.05, 3.63) is 35.0 Å². The molecule has 0 fully saturated rings. The number of halogens is 2. The maximum absolute atomic E-state index is 10.9. The summed E-state index contributed by atoms with van der Waals surface area (Å²) in [5, 5.41) is 1.48. The molecule has 2 aromatic rings. The molecule has 0 spiro atoms. The van der Waals surface area contributed by atoms with Gasteiger partial charge in [-0.15, -0.1) is 0 Å². The molecule has 0 atom stereocenters. The van der Waals surface area contributed by atoms with Gasteiger partial charge in [-0.25, -0.2) is 8.42 Å². The molecule has 0 bridgehead atoms. The number of hydrogen-bond donors (Lipinski definition) is 1. The van der Waals surface area contributed by atoms with Gasteiger partial charge in [0, 0.05) is 27.8 Å². The Morgan fingerprint density at radius 1 is 1.33 bits per heavy atom. The van der Waals surface area contributed by atoms with Gasteiger partial charge in [0.2, 0.25) is 9.05 Å². The van der Waals surface area contributed by atoms with Crippen molar-refractivity contribution in [2.24, 2.45) is 0 Å². The van der Waals surface area contributed by atoms with E-state index in [1.165, 1.54) is 0 Å². The summed E-state index contributed by atoms with van der Waals surface area (Å²) < 4.78 is 21.7. The van der Waals surface area contributed by atoms with Gasteiger partial charge in [0.25, 0.3) is 0 Å². The molecule has 0 aliphatic heterocycles. The first-order valence-corrected chi connectivity index (χ1v) is 6.99. The van der Waals surface area contributed by atoms with Crippen molar-refractivity contribution in [3.8, 4) is 0 Å². The van der Waals surface area contributed by atoms with E-state index in [9.17, 15) is 8.42 Å². The van der Waals surface area contributed by atoms with Crippen molar-refractivity contribution in [1.82, 2.24) is 4.98 Å². The topological polar surface area (TPSA) is 49.9 Å². The zero-order valence-corrected chi connectivity index (χ0v) is 9.83. The predicted molar refractivity (Wildman–Crippen MR) is 61.8 cm³/mol. The van der Waals surface area contributed by atoms with Gasteiger partial charge in [-0.05, 0) is 11.6 Å². The average molecular weight is 264 g/mol. The van der Waals surface area contributed by atoms with E-state index in [-0.39, 0.29) is 5.75 Å². The van der Waals surface area contributed by atoms with E-state index in [1.807, 2.05) is 0 Å². The Morgan fingerprint density at radius 3 is 2.73 bits per heavy atom. The lowest BCUT2D eigenvalue weighted by atomic mass is 10.2. The van der Waals surface area contributed by atoms with Gasteiger partial charge in [-0.3, -0.25) is 0 Å². The second kappa shape index (κ2) is 3.70. The number of fused-ring (bicyclic) bond motifs is 1. The third kappa shape index (κ3) is 2.45. The normalized spacial score (nSPS) is 12.1. The number of rotatable bonds is 2. The first-order chi connectivity index (χ1) is 6.96. The highest BCUT2D eigenvalue weighted by molar-refractivity contribution is 8.13. The quantitative estimate of drug-likeness (QED) is 0.848. The van der Waals surface area contributed by atoms with Crippen LogP contribution >= 0.6 is 22.3 Å². The molecule has 0 amide bonds. The minimum atomic E-state index is -3.51. The number of hydrogen-bond acceptors (Lipinski definition) is 2. The van der Waals surface area contributed by atoms with Gasteiger partial charge in [0.15, 0.2) is 0 Å². The van der Waals surface area contributed by atoms with Crippen LogP contribution in [0.5, 0.6) is 0 Å². The van der Waals surface area contributed by atoms with Crippen molar-refractivity contribution < 1.29 is 8.42 Å². The Hall–Kier alpha value is -0.710. The van der Waals surface area contributed by atoms with Gasteiger partial charge in [-0.1, -0.05) is 23.7 Å². The maximum atomic E-state index is 10.9. The molecule has 80 valence electrons. The predicted octanol–water partition coefficient (Wildman–Crippen LogP) is 2.89. The largest absolute Gasteiger partial charge is 0.360 e. The number of aromatic nitrogens is 1. The van der Waals surface area contributed by atoms with Crippen LogP contribution in [0.4, 0.5) is 0 Å². The Balaban J connectivity index is 2.48.